The summed E-state index contributed by atoms with van der Waals surface area (Å²) in [4.78, 5) is 4.46. The van der Waals surface area contributed by atoms with E-state index >= 15 is 0 Å². The SMILES string of the molecule is CC(O)(CN)Cc1nc(C2(c3ccccc3)CC2)no1. The van der Waals surface area contributed by atoms with Crippen LogP contribution in [0.1, 0.15) is 37.0 Å². The van der Waals surface area contributed by atoms with E-state index in [0.717, 1.165) is 12.8 Å². The Labute approximate surface area is 117 Å². The Morgan fingerprint density at radius 2 is 2.05 bits per heavy atom. The molecule has 5 heteroatoms. The van der Waals surface area contributed by atoms with Crippen molar-refractivity contribution in [3.05, 3.63) is 47.6 Å². The lowest BCUT2D eigenvalue weighted by atomic mass is 9.95. The van der Waals surface area contributed by atoms with E-state index in [9.17, 15) is 5.11 Å². The summed E-state index contributed by atoms with van der Waals surface area (Å²) in [5.74, 6) is 1.16. The second-order valence-corrected chi connectivity index (χ2v) is 5.84. The van der Waals surface area contributed by atoms with Gasteiger partial charge in [-0.2, -0.15) is 4.98 Å². The summed E-state index contributed by atoms with van der Waals surface area (Å²) in [6.07, 6.45) is 2.34. The van der Waals surface area contributed by atoms with Crippen LogP contribution in [0.2, 0.25) is 0 Å². The first-order valence-corrected chi connectivity index (χ1v) is 6.87. The summed E-state index contributed by atoms with van der Waals surface area (Å²) < 4.78 is 5.27. The van der Waals surface area contributed by atoms with Crippen molar-refractivity contribution in [1.82, 2.24) is 10.1 Å². The van der Waals surface area contributed by atoms with Crippen molar-refractivity contribution in [2.45, 2.75) is 37.2 Å². The first-order valence-electron chi connectivity index (χ1n) is 6.87. The molecule has 1 aromatic carbocycles. The second-order valence-electron chi connectivity index (χ2n) is 5.84. The number of benzene rings is 1. The number of nitrogens with zero attached hydrogens (tertiary/aromatic N) is 2. The Morgan fingerprint density at radius 3 is 2.65 bits per heavy atom. The standard InChI is InChI=1S/C15H19N3O2/c1-14(19,10-16)9-12-17-13(18-20-12)15(7-8-15)11-5-3-2-4-6-11/h2-6,19H,7-10,16H2,1H3. The van der Waals surface area contributed by atoms with Crippen LogP contribution < -0.4 is 5.73 Å². The average molecular weight is 273 g/mol. The molecule has 20 heavy (non-hydrogen) atoms. The fraction of sp³-hybridized carbons (Fsp3) is 0.467. The predicted molar refractivity (Wildman–Crippen MR) is 74.1 cm³/mol. The smallest absolute Gasteiger partial charge is 0.229 e. The van der Waals surface area contributed by atoms with Gasteiger partial charge in [-0.15, -0.1) is 0 Å². The van der Waals surface area contributed by atoms with E-state index in [0.29, 0.717) is 11.7 Å². The third kappa shape index (κ3) is 2.34. The molecule has 1 aromatic heterocycles. The van der Waals surface area contributed by atoms with Gasteiger partial charge < -0.3 is 15.4 Å². The van der Waals surface area contributed by atoms with Gasteiger partial charge in [0, 0.05) is 6.54 Å². The van der Waals surface area contributed by atoms with Crippen molar-refractivity contribution >= 4 is 0 Å². The van der Waals surface area contributed by atoms with Crippen molar-refractivity contribution in [1.29, 1.82) is 0 Å². The fourth-order valence-electron chi connectivity index (χ4n) is 2.44. The third-order valence-corrected chi connectivity index (χ3v) is 3.94. The molecule has 0 aliphatic heterocycles. The summed E-state index contributed by atoms with van der Waals surface area (Å²) >= 11 is 0. The largest absolute Gasteiger partial charge is 0.388 e. The first-order chi connectivity index (χ1) is 9.56. The molecule has 0 amide bonds. The van der Waals surface area contributed by atoms with Gasteiger partial charge >= 0.3 is 0 Å². The van der Waals surface area contributed by atoms with E-state index in [1.54, 1.807) is 6.92 Å². The maximum absolute atomic E-state index is 9.97. The number of nitrogens with two attached hydrogens (primary N) is 1. The van der Waals surface area contributed by atoms with E-state index in [4.69, 9.17) is 10.3 Å². The van der Waals surface area contributed by atoms with E-state index in [2.05, 4.69) is 22.3 Å². The number of hydrogen-bond donors (Lipinski definition) is 2. The summed E-state index contributed by atoms with van der Waals surface area (Å²) in [6.45, 7) is 1.83. The van der Waals surface area contributed by atoms with Crippen LogP contribution in [0.4, 0.5) is 0 Å². The Kier molecular flexibility index (Phi) is 3.11. The summed E-state index contributed by atoms with van der Waals surface area (Å²) in [5, 5.41) is 14.1. The topological polar surface area (TPSA) is 85.2 Å². The Morgan fingerprint density at radius 1 is 1.35 bits per heavy atom. The molecule has 1 aliphatic rings. The van der Waals surface area contributed by atoms with Gasteiger partial charge in [0.1, 0.15) is 0 Å². The zero-order chi connectivity index (χ0) is 14.2. The van der Waals surface area contributed by atoms with Crippen LogP contribution in [0.5, 0.6) is 0 Å². The van der Waals surface area contributed by atoms with Crippen molar-refractivity contribution in [3.8, 4) is 0 Å². The van der Waals surface area contributed by atoms with Crippen molar-refractivity contribution in [3.63, 3.8) is 0 Å². The molecule has 5 nitrogen and oxygen atoms in total. The van der Waals surface area contributed by atoms with Crippen molar-refractivity contribution in [2.75, 3.05) is 6.54 Å². The van der Waals surface area contributed by atoms with Gasteiger partial charge in [0.05, 0.1) is 17.4 Å². The molecule has 1 saturated carbocycles. The van der Waals surface area contributed by atoms with E-state index in [1.165, 1.54) is 5.56 Å². The summed E-state index contributed by atoms with van der Waals surface area (Å²) in [5.41, 5.74) is 5.62. The molecule has 0 radical (unpaired) electrons. The second kappa shape index (κ2) is 4.68. The number of aromatic nitrogens is 2. The predicted octanol–water partition coefficient (Wildman–Crippen LogP) is 1.40. The molecule has 0 saturated heterocycles. The molecule has 2 aromatic rings. The highest BCUT2D eigenvalue weighted by Crippen LogP contribution is 2.52. The molecular weight excluding hydrogens is 254 g/mol. The summed E-state index contributed by atoms with van der Waals surface area (Å²) in [7, 11) is 0. The van der Waals surface area contributed by atoms with Gasteiger partial charge in [0.2, 0.25) is 5.89 Å². The van der Waals surface area contributed by atoms with E-state index in [1.807, 2.05) is 18.2 Å². The maximum Gasteiger partial charge on any atom is 0.229 e. The number of hydrogen-bond acceptors (Lipinski definition) is 5. The molecule has 1 unspecified atom stereocenters. The zero-order valence-corrected chi connectivity index (χ0v) is 11.5. The fourth-order valence-corrected chi connectivity index (χ4v) is 2.44. The minimum atomic E-state index is -1.01. The van der Waals surface area contributed by atoms with Crippen LogP contribution in [0.25, 0.3) is 0 Å². The number of rotatable bonds is 5. The van der Waals surface area contributed by atoms with Gasteiger partial charge in [-0.1, -0.05) is 35.5 Å². The molecular formula is C15H19N3O2. The quantitative estimate of drug-likeness (QED) is 0.860. The van der Waals surface area contributed by atoms with Gasteiger partial charge in [-0.05, 0) is 25.3 Å². The Balaban J connectivity index is 1.84. The lowest BCUT2D eigenvalue weighted by molar-refractivity contribution is 0.0610. The maximum atomic E-state index is 9.97. The molecule has 106 valence electrons. The van der Waals surface area contributed by atoms with Crippen molar-refractivity contribution < 1.29 is 9.63 Å². The van der Waals surface area contributed by atoms with Crippen LogP contribution >= 0.6 is 0 Å². The number of aliphatic hydroxyl groups is 1. The Hall–Kier alpha value is -1.72. The lowest BCUT2D eigenvalue weighted by Crippen LogP contribution is -2.36. The van der Waals surface area contributed by atoms with Crippen LogP contribution in [0, 0.1) is 0 Å². The van der Waals surface area contributed by atoms with E-state index in [-0.39, 0.29) is 18.4 Å². The van der Waals surface area contributed by atoms with Crippen molar-refractivity contribution in [2.24, 2.45) is 5.73 Å². The third-order valence-electron chi connectivity index (χ3n) is 3.94. The molecule has 3 N–H and O–H groups in total. The minimum absolute atomic E-state index is 0.0996. The molecule has 1 heterocycles. The lowest BCUT2D eigenvalue weighted by Gasteiger charge is -2.17. The normalized spacial score (nSPS) is 19.6. The highest BCUT2D eigenvalue weighted by atomic mass is 16.5. The van der Waals surface area contributed by atoms with Crippen LogP contribution in [-0.4, -0.2) is 27.4 Å². The van der Waals surface area contributed by atoms with Gasteiger partial charge in [-0.3, -0.25) is 0 Å². The van der Waals surface area contributed by atoms with Gasteiger partial charge in [0.15, 0.2) is 5.82 Å². The van der Waals surface area contributed by atoms with Crippen LogP contribution in [-0.2, 0) is 11.8 Å². The molecule has 1 fully saturated rings. The highest BCUT2D eigenvalue weighted by Gasteiger charge is 2.50. The van der Waals surface area contributed by atoms with E-state index < -0.39 is 5.60 Å². The molecule has 3 rings (SSSR count). The molecule has 0 bridgehead atoms. The Bertz CT molecular complexity index is 588. The van der Waals surface area contributed by atoms with Crippen LogP contribution in [0.3, 0.4) is 0 Å². The molecule has 1 atom stereocenters. The first kappa shape index (κ1) is 13.3. The van der Waals surface area contributed by atoms with Gasteiger partial charge in [-0.25, -0.2) is 0 Å². The zero-order valence-electron chi connectivity index (χ0n) is 11.5. The van der Waals surface area contributed by atoms with Crippen LogP contribution in [0.15, 0.2) is 34.9 Å². The highest BCUT2D eigenvalue weighted by molar-refractivity contribution is 5.38. The van der Waals surface area contributed by atoms with Gasteiger partial charge in [0.25, 0.3) is 0 Å². The average Bonchev–Trinajstić information content (AvgIpc) is 3.15. The monoisotopic (exact) mass is 273 g/mol. The molecule has 1 aliphatic carbocycles. The summed E-state index contributed by atoms with van der Waals surface area (Å²) in [6, 6.07) is 10.2. The molecule has 0 spiro atoms. The minimum Gasteiger partial charge on any atom is -0.388 e.